The molecule has 0 saturated carbocycles. The van der Waals surface area contributed by atoms with Crippen molar-refractivity contribution in [2.45, 2.75) is 38.6 Å². The summed E-state index contributed by atoms with van der Waals surface area (Å²) in [6.07, 6.45) is 2.38. The van der Waals surface area contributed by atoms with Crippen LogP contribution in [0.3, 0.4) is 0 Å². The molecule has 124 valence electrons. The average Bonchev–Trinajstić information content (AvgIpc) is 3.06. The standard InChI is InChI=1S/C16H21N3O3S/c1-10(2)8-17-13(20)9-19-14(21)16(18-15(19)22)6-3-4-12-11(16)5-7-23-12/h5,7,10H,3-4,6,8-9H2,1-2H3,(H,17,20)(H,18,22)/t16-/m1/s1. The maximum atomic E-state index is 12.9. The molecule has 1 fully saturated rings. The van der Waals surface area contributed by atoms with Crippen LogP contribution in [0.2, 0.25) is 0 Å². The summed E-state index contributed by atoms with van der Waals surface area (Å²) in [5.41, 5.74) is -0.0691. The molecule has 0 radical (unpaired) electrons. The summed E-state index contributed by atoms with van der Waals surface area (Å²) in [6, 6.07) is 1.44. The van der Waals surface area contributed by atoms with Crippen LogP contribution < -0.4 is 10.6 Å². The van der Waals surface area contributed by atoms with Crippen molar-refractivity contribution in [3.05, 3.63) is 21.9 Å². The Morgan fingerprint density at radius 3 is 3.00 bits per heavy atom. The molecule has 0 bridgehead atoms. The predicted octanol–water partition coefficient (Wildman–Crippen LogP) is 1.60. The van der Waals surface area contributed by atoms with E-state index in [1.165, 1.54) is 0 Å². The first-order valence-corrected chi connectivity index (χ1v) is 8.79. The van der Waals surface area contributed by atoms with Crippen molar-refractivity contribution in [2.75, 3.05) is 13.1 Å². The van der Waals surface area contributed by atoms with Crippen molar-refractivity contribution in [3.63, 3.8) is 0 Å². The summed E-state index contributed by atoms with van der Waals surface area (Å²) in [5, 5.41) is 7.54. The van der Waals surface area contributed by atoms with Gasteiger partial charge in [-0.2, -0.15) is 0 Å². The molecule has 1 atom stereocenters. The van der Waals surface area contributed by atoms with E-state index in [0.717, 1.165) is 28.2 Å². The quantitative estimate of drug-likeness (QED) is 0.821. The van der Waals surface area contributed by atoms with Crippen LogP contribution in [0.15, 0.2) is 11.4 Å². The average molecular weight is 335 g/mol. The zero-order valence-electron chi connectivity index (χ0n) is 13.3. The molecular formula is C16H21N3O3S. The fourth-order valence-electron chi connectivity index (χ4n) is 3.20. The van der Waals surface area contributed by atoms with Crippen LogP contribution in [-0.4, -0.2) is 35.8 Å². The van der Waals surface area contributed by atoms with Gasteiger partial charge in [-0.15, -0.1) is 11.3 Å². The first-order chi connectivity index (χ1) is 10.9. The van der Waals surface area contributed by atoms with Crippen molar-refractivity contribution < 1.29 is 14.4 Å². The van der Waals surface area contributed by atoms with Gasteiger partial charge in [-0.05, 0) is 36.6 Å². The highest BCUT2D eigenvalue weighted by atomic mass is 32.1. The molecule has 1 aromatic rings. The number of rotatable bonds is 4. The monoisotopic (exact) mass is 335 g/mol. The van der Waals surface area contributed by atoms with E-state index in [9.17, 15) is 14.4 Å². The molecular weight excluding hydrogens is 314 g/mol. The number of urea groups is 1. The number of carbonyl (C=O) groups is 3. The van der Waals surface area contributed by atoms with Gasteiger partial charge in [0.05, 0.1) is 0 Å². The first-order valence-electron chi connectivity index (χ1n) is 7.91. The van der Waals surface area contributed by atoms with Crippen LogP contribution >= 0.6 is 11.3 Å². The Bertz CT molecular complexity index is 655. The number of fused-ring (bicyclic) bond motifs is 2. The summed E-state index contributed by atoms with van der Waals surface area (Å²) in [6.45, 7) is 4.28. The highest BCUT2D eigenvalue weighted by Gasteiger charge is 2.54. The Morgan fingerprint density at radius 1 is 1.48 bits per heavy atom. The second-order valence-corrected chi connectivity index (χ2v) is 7.54. The number of imide groups is 1. The summed E-state index contributed by atoms with van der Waals surface area (Å²) >= 11 is 1.61. The number of thiophene rings is 1. The van der Waals surface area contributed by atoms with Gasteiger partial charge in [0.1, 0.15) is 12.1 Å². The Kier molecular flexibility index (Phi) is 4.14. The number of amides is 4. The summed E-state index contributed by atoms with van der Waals surface area (Å²) in [5.74, 6) is -0.290. The normalized spacial score (nSPS) is 23.3. The summed E-state index contributed by atoms with van der Waals surface area (Å²) in [7, 11) is 0. The van der Waals surface area contributed by atoms with Crippen molar-refractivity contribution >= 4 is 29.2 Å². The lowest BCUT2D eigenvalue weighted by atomic mass is 9.80. The highest BCUT2D eigenvalue weighted by molar-refractivity contribution is 7.10. The van der Waals surface area contributed by atoms with Gasteiger partial charge in [-0.25, -0.2) is 4.79 Å². The molecule has 23 heavy (non-hydrogen) atoms. The molecule has 1 saturated heterocycles. The lowest BCUT2D eigenvalue weighted by Crippen LogP contribution is -2.47. The zero-order valence-corrected chi connectivity index (χ0v) is 14.2. The smallest absolute Gasteiger partial charge is 0.325 e. The van der Waals surface area contributed by atoms with E-state index in [0.29, 0.717) is 18.9 Å². The number of nitrogens with zero attached hydrogens (tertiary/aromatic N) is 1. The van der Waals surface area contributed by atoms with E-state index < -0.39 is 11.6 Å². The van der Waals surface area contributed by atoms with Crippen molar-refractivity contribution in [1.82, 2.24) is 15.5 Å². The van der Waals surface area contributed by atoms with E-state index in [-0.39, 0.29) is 18.4 Å². The van der Waals surface area contributed by atoms with E-state index in [1.807, 2.05) is 25.3 Å². The highest BCUT2D eigenvalue weighted by Crippen LogP contribution is 2.41. The minimum absolute atomic E-state index is 0.224. The lowest BCUT2D eigenvalue weighted by molar-refractivity contribution is -0.135. The van der Waals surface area contributed by atoms with Crippen LogP contribution in [0.5, 0.6) is 0 Å². The largest absolute Gasteiger partial charge is 0.354 e. The van der Waals surface area contributed by atoms with Crippen LogP contribution in [0.4, 0.5) is 4.79 Å². The van der Waals surface area contributed by atoms with E-state index >= 15 is 0 Å². The van der Waals surface area contributed by atoms with E-state index in [1.54, 1.807) is 11.3 Å². The summed E-state index contributed by atoms with van der Waals surface area (Å²) in [4.78, 5) is 39.3. The van der Waals surface area contributed by atoms with Gasteiger partial charge in [0, 0.05) is 17.0 Å². The van der Waals surface area contributed by atoms with E-state index in [2.05, 4.69) is 10.6 Å². The molecule has 6 nitrogen and oxygen atoms in total. The van der Waals surface area contributed by atoms with Gasteiger partial charge in [0.25, 0.3) is 5.91 Å². The number of hydrogen-bond acceptors (Lipinski definition) is 4. The van der Waals surface area contributed by atoms with Crippen molar-refractivity contribution in [2.24, 2.45) is 5.92 Å². The molecule has 2 aliphatic rings. The van der Waals surface area contributed by atoms with Gasteiger partial charge >= 0.3 is 6.03 Å². The Morgan fingerprint density at radius 2 is 2.26 bits per heavy atom. The predicted molar refractivity (Wildman–Crippen MR) is 87.0 cm³/mol. The number of nitrogens with one attached hydrogen (secondary N) is 2. The lowest BCUT2D eigenvalue weighted by Gasteiger charge is -2.31. The van der Waals surface area contributed by atoms with Crippen molar-refractivity contribution in [1.29, 1.82) is 0 Å². The van der Waals surface area contributed by atoms with Crippen LogP contribution in [0.25, 0.3) is 0 Å². The third-order valence-corrected chi connectivity index (χ3v) is 5.33. The number of aryl methyl sites for hydroxylation is 1. The second-order valence-electron chi connectivity index (χ2n) is 6.54. The van der Waals surface area contributed by atoms with Gasteiger partial charge in [0.15, 0.2) is 0 Å². The molecule has 2 heterocycles. The van der Waals surface area contributed by atoms with Gasteiger partial charge in [0.2, 0.25) is 5.91 Å². The second kappa shape index (κ2) is 5.96. The van der Waals surface area contributed by atoms with Crippen LogP contribution in [-0.2, 0) is 21.5 Å². The Labute approximate surface area is 139 Å². The fraction of sp³-hybridized carbons (Fsp3) is 0.562. The number of hydrogen-bond donors (Lipinski definition) is 2. The van der Waals surface area contributed by atoms with E-state index in [4.69, 9.17) is 0 Å². The van der Waals surface area contributed by atoms with Gasteiger partial charge < -0.3 is 10.6 Å². The first kappa shape index (κ1) is 16.0. The fourth-order valence-corrected chi connectivity index (χ4v) is 4.20. The summed E-state index contributed by atoms with van der Waals surface area (Å²) < 4.78 is 0. The third-order valence-electron chi connectivity index (χ3n) is 4.35. The third kappa shape index (κ3) is 2.73. The van der Waals surface area contributed by atoms with Crippen LogP contribution in [0, 0.1) is 5.92 Å². The maximum absolute atomic E-state index is 12.9. The SMILES string of the molecule is CC(C)CNC(=O)CN1C(=O)N[C@@]2(CCCc3sccc32)C1=O. The molecule has 1 aromatic heterocycles. The molecule has 1 aliphatic heterocycles. The molecule has 4 amide bonds. The molecule has 1 aliphatic carbocycles. The van der Waals surface area contributed by atoms with Gasteiger partial charge in [-0.3, -0.25) is 14.5 Å². The van der Waals surface area contributed by atoms with Crippen LogP contribution in [0.1, 0.15) is 37.1 Å². The number of carbonyl (C=O) groups excluding carboxylic acids is 3. The molecule has 0 unspecified atom stereocenters. The van der Waals surface area contributed by atoms with Crippen molar-refractivity contribution in [3.8, 4) is 0 Å². The Balaban J connectivity index is 1.78. The molecule has 0 aromatic carbocycles. The zero-order chi connectivity index (χ0) is 16.6. The topological polar surface area (TPSA) is 78.5 Å². The molecule has 7 heteroatoms. The molecule has 2 N–H and O–H groups in total. The minimum atomic E-state index is -0.969. The Hall–Kier alpha value is -1.89. The molecule has 3 rings (SSSR count). The maximum Gasteiger partial charge on any atom is 0.325 e. The van der Waals surface area contributed by atoms with Gasteiger partial charge in [-0.1, -0.05) is 13.8 Å². The molecule has 1 spiro atoms. The minimum Gasteiger partial charge on any atom is -0.354 e.